The van der Waals surface area contributed by atoms with Crippen molar-refractivity contribution in [1.29, 1.82) is 0 Å². The molecule has 0 bridgehead atoms. The van der Waals surface area contributed by atoms with E-state index < -0.39 is 49.5 Å². The fourth-order valence-electron chi connectivity index (χ4n) is 7.10. The molecule has 0 radical (unpaired) electrons. The van der Waals surface area contributed by atoms with Crippen LogP contribution in [0.5, 0.6) is 0 Å². The predicted molar refractivity (Wildman–Crippen MR) is 249 cm³/mol. The van der Waals surface area contributed by atoms with E-state index >= 15 is 0 Å². The van der Waals surface area contributed by atoms with Crippen LogP contribution in [0.15, 0.2) is 72.9 Å². The van der Waals surface area contributed by atoms with E-state index in [1.54, 1.807) is 6.08 Å². The number of amides is 1. The number of carbonyl (C=O) groups is 1. The van der Waals surface area contributed by atoms with Crippen LogP contribution in [0.2, 0.25) is 0 Å². The number of rotatable bonds is 39. The highest BCUT2D eigenvalue weighted by Gasteiger charge is 2.44. The van der Waals surface area contributed by atoms with Gasteiger partial charge in [-0.25, -0.2) is 0 Å². The first-order valence-corrected chi connectivity index (χ1v) is 24.2. The zero-order chi connectivity index (χ0) is 43.7. The van der Waals surface area contributed by atoms with Gasteiger partial charge in [0, 0.05) is 6.42 Å². The summed E-state index contributed by atoms with van der Waals surface area (Å²) in [4.78, 5) is 12.9. The van der Waals surface area contributed by atoms with Crippen LogP contribution in [0.1, 0.15) is 187 Å². The Labute approximate surface area is 366 Å². The smallest absolute Gasteiger partial charge is 0.220 e. The van der Waals surface area contributed by atoms with Crippen molar-refractivity contribution in [3.63, 3.8) is 0 Å². The van der Waals surface area contributed by atoms with Crippen LogP contribution in [-0.4, -0.2) is 87.5 Å². The van der Waals surface area contributed by atoms with E-state index in [2.05, 4.69) is 79.9 Å². The highest BCUT2D eigenvalue weighted by molar-refractivity contribution is 5.76. The van der Waals surface area contributed by atoms with Crippen molar-refractivity contribution in [3.05, 3.63) is 72.9 Å². The molecule has 0 saturated carbocycles. The number of aliphatic hydroxyl groups is 5. The van der Waals surface area contributed by atoms with Crippen molar-refractivity contribution in [3.8, 4) is 0 Å². The second kappa shape index (κ2) is 40.7. The van der Waals surface area contributed by atoms with E-state index in [1.165, 1.54) is 116 Å². The van der Waals surface area contributed by atoms with Crippen molar-refractivity contribution in [2.24, 2.45) is 0 Å². The minimum atomic E-state index is -1.58. The first kappa shape index (κ1) is 55.6. The first-order chi connectivity index (χ1) is 29.3. The molecule has 2 unspecified atom stereocenters. The van der Waals surface area contributed by atoms with E-state index in [4.69, 9.17) is 9.47 Å². The Kier molecular flexibility index (Phi) is 37.7. The quantitative estimate of drug-likeness (QED) is 0.0265. The highest BCUT2D eigenvalue weighted by atomic mass is 16.7. The normalized spacial score (nSPS) is 21.2. The lowest BCUT2D eigenvalue weighted by Crippen LogP contribution is -2.60. The SMILES string of the molecule is CCCCCCCCC/C=C/C/C=C/C/C=C/C/C=C/CCCC(=O)N[C@@H](CO[C@H]1O[C@@H](CO)[C@H](O)C(O)C1O)[C@H](O)/C=C/CC/C=C/CCCCCCCCCCCC. The number of ether oxygens (including phenoxy) is 2. The summed E-state index contributed by atoms with van der Waals surface area (Å²) >= 11 is 0. The molecule has 1 fully saturated rings. The van der Waals surface area contributed by atoms with Crippen LogP contribution in [0.3, 0.4) is 0 Å². The second-order valence-electron chi connectivity index (χ2n) is 16.5. The first-order valence-electron chi connectivity index (χ1n) is 24.2. The summed E-state index contributed by atoms with van der Waals surface area (Å²) in [5.41, 5.74) is 0. The monoisotopic (exact) mass is 844 g/mol. The Hall–Kier alpha value is -2.37. The fraction of sp³-hybridized carbons (Fsp3) is 0.745. The maximum Gasteiger partial charge on any atom is 0.220 e. The summed E-state index contributed by atoms with van der Waals surface area (Å²) in [6.07, 6.45) is 48.1. The molecule has 1 heterocycles. The van der Waals surface area contributed by atoms with Crippen molar-refractivity contribution in [1.82, 2.24) is 5.32 Å². The van der Waals surface area contributed by atoms with Crippen LogP contribution < -0.4 is 5.32 Å². The molecule has 0 aromatic rings. The molecular weight excluding hydrogens is 755 g/mol. The Morgan fingerprint density at radius 1 is 0.567 bits per heavy atom. The lowest BCUT2D eigenvalue weighted by Gasteiger charge is -2.40. The number of hydrogen-bond acceptors (Lipinski definition) is 8. The van der Waals surface area contributed by atoms with Crippen molar-refractivity contribution < 1.29 is 39.8 Å². The number of hydrogen-bond donors (Lipinski definition) is 6. The molecule has 1 aliphatic heterocycles. The summed E-state index contributed by atoms with van der Waals surface area (Å²) in [5, 5.41) is 54.2. The fourth-order valence-corrected chi connectivity index (χ4v) is 7.10. The van der Waals surface area contributed by atoms with E-state index in [0.717, 1.165) is 44.9 Å². The Bertz CT molecular complexity index is 1160. The second-order valence-corrected chi connectivity index (χ2v) is 16.5. The third-order valence-corrected chi connectivity index (χ3v) is 11.0. The zero-order valence-corrected chi connectivity index (χ0v) is 37.9. The van der Waals surface area contributed by atoms with E-state index in [1.807, 2.05) is 6.08 Å². The van der Waals surface area contributed by atoms with Gasteiger partial charge in [0.1, 0.15) is 24.4 Å². The average Bonchev–Trinajstić information content (AvgIpc) is 3.25. The molecule has 1 saturated heterocycles. The van der Waals surface area contributed by atoms with Crippen LogP contribution in [0, 0.1) is 0 Å². The average molecular weight is 844 g/mol. The molecule has 60 heavy (non-hydrogen) atoms. The standard InChI is InChI=1S/C51H89NO8/c1-3-5-7-9-11-13-15-17-19-21-22-23-24-25-27-29-31-33-35-37-39-41-47(55)52-44(43-59-51-50(58)49(57)48(56)46(42-53)60-51)45(54)40-38-36-34-32-30-28-26-20-18-16-14-12-10-8-6-4-2/h19,21,23-24,27,29-30,32-33,35,38,40,44-46,48-51,53-54,56-58H,3-18,20,22,25-26,28,31,34,36-37,39,41-43H2,1-2H3,(H,52,55)/b21-19+,24-23+,29-27+,32-30+,35-33+,40-38+/t44-,45+,46-,48-,49?,50?,51-/m0/s1. The maximum absolute atomic E-state index is 12.9. The van der Waals surface area contributed by atoms with Gasteiger partial charge in [0.2, 0.25) is 5.91 Å². The highest BCUT2D eigenvalue weighted by Crippen LogP contribution is 2.22. The van der Waals surface area contributed by atoms with Crippen LogP contribution in [0.4, 0.5) is 0 Å². The topological polar surface area (TPSA) is 149 Å². The van der Waals surface area contributed by atoms with Gasteiger partial charge in [0.05, 0.1) is 25.4 Å². The number of nitrogens with one attached hydrogen (secondary N) is 1. The molecule has 1 amide bonds. The number of aliphatic hydroxyl groups excluding tert-OH is 5. The molecule has 1 aliphatic rings. The summed E-state index contributed by atoms with van der Waals surface area (Å²) in [5.74, 6) is -0.243. The van der Waals surface area contributed by atoms with Gasteiger partial charge >= 0.3 is 0 Å². The van der Waals surface area contributed by atoms with Gasteiger partial charge in [0.25, 0.3) is 0 Å². The molecule has 1 rings (SSSR count). The summed E-state index contributed by atoms with van der Waals surface area (Å²) < 4.78 is 11.2. The van der Waals surface area contributed by atoms with Crippen LogP contribution in [0.25, 0.3) is 0 Å². The third-order valence-electron chi connectivity index (χ3n) is 11.0. The summed E-state index contributed by atoms with van der Waals surface area (Å²) in [6.45, 7) is 3.71. The van der Waals surface area contributed by atoms with Crippen molar-refractivity contribution in [2.45, 2.75) is 230 Å². The zero-order valence-electron chi connectivity index (χ0n) is 37.9. The molecular formula is C51H89NO8. The van der Waals surface area contributed by atoms with Gasteiger partial charge < -0.3 is 40.3 Å². The van der Waals surface area contributed by atoms with Crippen molar-refractivity contribution in [2.75, 3.05) is 13.2 Å². The molecule has 0 aromatic carbocycles. The molecule has 0 aromatic heterocycles. The van der Waals surface area contributed by atoms with Gasteiger partial charge in [-0.15, -0.1) is 0 Å². The maximum atomic E-state index is 12.9. The Morgan fingerprint density at radius 2 is 1.00 bits per heavy atom. The Balaban J connectivity index is 2.41. The van der Waals surface area contributed by atoms with Crippen LogP contribution >= 0.6 is 0 Å². The van der Waals surface area contributed by atoms with Crippen LogP contribution in [-0.2, 0) is 14.3 Å². The van der Waals surface area contributed by atoms with Gasteiger partial charge in [-0.2, -0.15) is 0 Å². The number of unbranched alkanes of at least 4 members (excludes halogenated alkanes) is 19. The van der Waals surface area contributed by atoms with Gasteiger partial charge in [-0.3, -0.25) is 4.79 Å². The molecule has 6 N–H and O–H groups in total. The lowest BCUT2D eigenvalue weighted by molar-refractivity contribution is -0.302. The molecule has 346 valence electrons. The van der Waals surface area contributed by atoms with E-state index in [-0.39, 0.29) is 18.9 Å². The minimum absolute atomic E-state index is 0.226. The minimum Gasteiger partial charge on any atom is -0.394 e. The number of carbonyl (C=O) groups excluding carboxylic acids is 1. The molecule has 0 spiro atoms. The lowest BCUT2D eigenvalue weighted by atomic mass is 9.99. The summed E-state index contributed by atoms with van der Waals surface area (Å²) in [7, 11) is 0. The van der Waals surface area contributed by atoms with Gasteiger partial charge in [-0.1, -0.05) is 183 Å². The molecule has 9 heteroatoms. The predicted octanol–water partition coefficient (Wildman–Crippen LogP) is 10.6. The molecule has 9 nitrogen and oxygen atoms in total. The molecule has 0 aliphatic carbocycles. The third kappa shape index (κ3) is 30.6. The van der Waals surface area contributed by atoms with E-state index in [0.29, 0.717) is 6.42 Å². The summed E-state index contributed by atoms with van der Waals surface area (Å²) in [6, 6.07) is -0.853. The molecule has 7 atom stereocenters. The Morgan fingerprint density at radius 3 is 1.52 bits per heavy atom. The van der Waals surface area contributed by atoms with Gasteiger partial charge in [0.15, 0.2) is 6.29 Å². The largest absolute Gasteiger partial charge is 0.394 e. The van der Waals surface area contributed by atoms with Crippen molar-refractivity contribution >= 4 is 5.91 Å². The number of allylic oxidation sites excluding steroid dienone is 11. The van der Waals surface area contributed by atoms with Gasteiger partial charge in [-0.05, 0) is 70.6 Å². The van der Waals surface area contributed by atoms with E-state index in [9.17, 15) is 30.3 Å².